The maximum atomic E-state index is 10.4. The van der Waals surface area contributed by atoms with Crippen molar-refractivity contribution in [2.45, 2.75) is 39.2 Å². The highest BCUT2D eigenvalue weighted by Gasteiger charge is 2.37. The number of nitrogens with zero attached hydrogens (tertiary/aromatic N) is 2. The van der Waals surface area contributed by atoms with Crippen LogP contribution in [0.3, 0.4) is 0 Å². The molecule has 1 fully saturated rings. The van der Waals surface area contributed by atoms with E-state index in [1.165, 1.54) is 12.8 Å². The van der Waals surface area contributed by atoms with E-state index in [0.717, 1.165) is 26.1 Å². The first-order valence-corrected chi connectivity index (χ1v) is 6.84. The minimum atomic E-state index is -0.141. The summed E-state index contributed by atoms with van der Waals surface area (Å²) < 4.78 is 0. The fourth-order valence-corrected chi connectivity index (χ4v) is 2.82. The van der Waals surface area contributed by atoms with Crippen LogP contribution in [0.2, 0.25) is 0 Å². The van der Waals surface area contributed by atoms with Crippen molar-refractivity contribution in [1.82, 2.24) is 9.80 Å². The van der Waals surface area contributed by atoms with Gasteiger partial charge in [0.1, 0.15) is 0 Å². The van der Waals surface area contributed by atoms with Crippen LogP contribution in [0.15, 0.2) is 0 Å². The van der Waals surface area contributed by atoms with Crippen molar-refractivity contribution in [3.05, 3.63) is 0 Å². The molecule has 0 aromatic carbocycles. The second kappa shape index (κ2) is 6.17. The molecule has 2 unspecified atom stereocenters. The normalized spacial score (nSPS) is 28.9. The van der Waals surface area contributed by atoms with Crippen LogP contribution >= 0.6 is 0 Å². The van der Waals surface area contributed by atoms with Crippen LogP contribution in [0.4, 0.5) is 0 Å². The van der Waals surface area contributed by atoms with Gasteiger partial charge in [-0.25, -0.2) is 0 Å². The molecule has 0 radical (unpaired) electrons. The molecule has 102 valence electrons. The van der Waals surface area contributed by atoms with Gasteiger partial charge in [0.15, 0.2) is 0 Å². The Morgan fingerprint density at radius 1 is 1.18 bits per heavy atom. The lowest BCUT2D eigenvalue weighted by molar-refractivity contribution is -0.0411. The Hall–Kier alpha value is -0.120. The molecule has 1 N–H and O–H groups in total. The van der Waals surface area contributed by atoms with E-state index in [0.29, 0.717) is 5.92 Å². The standard InChI is InChI=1S/C14H30N2O/c1-14(2)8-6-7-12(13(14)17)11-16(5)10-9-15(3)4/h12-13,17H,6-11H2,1-5H3. The molecule has 0 heterocycles. The van der Waals surface area contributed by atoms with E-state index in [1.807, 2.05) is 0 Å². The highest BCUT2D eigenvalue weighted by molar-refractivity contribution is 4.89. The summed E-state index contributed by atoms with van der Waals surface area (Å²) in [7, 11) is 6.37. The molecule has 1 aliphatic rings. The lowest BCUT2D eigenvalue weighted by Crippen LogP contribution is -2.45. The van der Waals surface area contributed by atoms with E-state index in [-0.39, 0.29) is 11.5 Å². The summed E-state index contributed by atoms with van der Waals surface area (Å²) in [6.07, 6.45) is 3.46. The summed E-state index contributed by atoms with van der Waals surface area (Å²) in [5, 5.41) is 10.4. The smallest absolute Gasteiger partial charge is 0.0631 e. The first-order valence-electron chi connectivity index (χ1n) is 6.84. The van der Waals surface area contributed by atoms with Crippen molar-refractivity contribution >= 4 is 0 Å². The summed E-state index contributed by atoms with van der Waals surface area (Å²) >= 11 is 0. The monoisotopic (exact) mass is 242 g/mol. The van der Waals surface area contributed by atoms with Crippen molar-refractivity contribution < 1.29 is 5.11 Å². The molecule has 0 bridgehead atoms. The van der Waals surface area contributed by atoms with E-state index in [4.69, 9.17) is 0 Å². The maximum Gasteiger partial charge on any atom is 0.0631 e. The first kappa shape index (κ1) is 14.9. The molecule has 3 heteroatoms. The largest absolute Gasteiger partial charge is 0.392 e. The van der Waals surface area contributed by atoms with Crippen molar-refractivity contribution in [1.29, 1.82) is 0 Å². The Morgan fingerprint density at radius 3 is 2.41 bits per heavy atom. The predicted molar refractivity (Wildman–Crippen MR) is 73.2 cm³/mol. The molecule has 0 amide bonds. The fourth-order valence-electron chi connectivity index (χ4n) is 2.82. The third-order valence-electron chi connectivity index (χ3n) is 4.12. The van der Waals surface area contributed by atoms with Gasteiger partial charge in [0.2, 0.25) is 0 Å². The molecule has 3 nitrogen and oxygen atoms in total. The quantitative estimate of drug-likeness (QED) is 0.794. The first-order chi connectivity index (χ1) is 7.83. The molecular formula is C14H30N2O. The second-order valence-corrected chi connectivity index (χ2v) is 6.65. The third-order valence-corrected chi connectivity index (χ3v) is 4.12. The second-order valence-electron chi connectivity index (χ2n) is 6.65. The van der Waals surface area contributed by atoms with Gasteiger partial charge in [-0.15, -0.1) is 0 Å². The van der Waals surface area contributed by atoms with E-state index < -0.39 is 0 Å². The van der Waals surface area contributed by atoms with Crippen LogP contribution in [0.5, 0.6) is 0 Å². The Labute approximate surface area is 107 Å². The Kier molecular flexibility index (Phi) is 5.42. The summed E-state index contributed by atoms with van der Waals surface area (Å²) in [6, 6.07) is 0. The molecular weight excluding hydrogens is 212 g/mol. The zero-order chi connectivity index (χ0) is 13.1. The van der Waals surface area contributed by atoms with Gasteiger partial charge in [0, 0.05) is 19.6 Å². The summed E-state index contributed by atoms with van der Waals surface area (Å²) in [6.45, 7) is 7.59. The molecule has 2 atom stereocenters. The van der Waals surface area contributed by atoms with Gasteiger partial charge >= 0.3 is 0 Å². The highest BCUT2D eigenvalue weighted by atomic mass is 16.3. The zero-order valence-corrected chi connectivity index (χ0v) is 12.2. The van der Waals surface area contributed by atoms with Crippen molar-refractivity contribution in [3.8, 4) is 0 Å². The highest BCUT2D eigenvalue weighted by Crippen LogP contribution is 2.39. The van der Waals surface area contributed by atoms with Crippen LogP contribution in [0.25, 0.3) is 0 Å². The molecule has 0 saturated heterocycles. The molecule has 1 aliphatic carbocycles. The Balaban J connectivity index is 2.39. The van der Waals surface area contributed by atoms with Gasteiger partial charge in [-0.05, 0) is 45.3 Å². The van der Waals surface area contributed by atoms with E-state index >= 15 is 0 Å². The van der Waals surface area contributed by atoms with Crippen LogP contribution in [0.1, 0.15) is 33.1 Å². The predicted octanol–water partition coefficient (Wildman–Crippen LogP) is 1.67. The van der Waals surface area contributed by atoms with Gasteiger partial charge in [-0.2, -0.15) is 0 Å². The van der Waals surface area contributed by atoms with Gasteiger partial charge in [0.25, 0.3) is 0 Å². The van der Waals surface area contributed by atoms with Crippen LogP contribution in [-0.4, -0.2) is 61.8 Å². The van der Waals surface area contributed by atoms with Gasteiger partial charge in [-0.3, -0.25) is 0 Å². The number of hydrogen-bond acceptors (Lipinski definition) is 3. The summed E-state index contributed by atoms with van der Waals surface area (Å²) in [5.41, 5.74) is 0.102. The van der Waals surface area contributed by atoms with Gasteiger partial charge in [0.05, 0.1) is 6.10 Å². The van der Waals surface area contributed by atoms with E-state index in [2.05, 4.69) is 44.8 Å². The summed E-state index contributed by atoms with van der Waals surface area (Å²) in [4.78, 5) is 4.56. The SMILES string of the molecule is CN(C)CCN(C)CC1CCCC(C)(C)C1O. The number of aliphatic hydroxyl groups is 1. The molecule has 0 aromatic rings. The minimum absolute atomic E-state index is 0.102. The summed E-state index contributed by atoms with van der Waals surface area (Å²) in [5.74, 6) is 0.450. The van der Waals surface area contributed by atoms with Crippen LogP contribution in [0, 0.1) is 11.3 Å². The van der Waals surface area contributed by atoms with E-state index in [9.17, 15) is 5.11 Å². The van der Waals surface area contributed by atoms with Gasteiger partial charge in [-0.1, -0.05) is 20.3 Å². The minimum Gasteiger partial charge on any atom is -0.392 e. The molecule has 17 heavy (non-hydrogen) atoms. The van der Waals surface area contributed by atoms with Crippen molar-refractivity contribution in [2.75, 3.05) is 40.8 Å². The molecule has 0 spiro atoms. The van der Waals surface area contributed by atoms with Gasteiger partial charge < -0.3 is 14.9 Å². The van der Waals surface area contributed by atoms with Crippen LogP contribution in [-0.2, 0) is 0 Å². The van der Waals surface area contributed by atoms with Crippen molar-refractivity contribution in [2.24, 2.45) is 11.3 Å². The maximum absolute atomic E-state index is 10.4. The fraction of sp³-hybridized carbons (Fsp3) is 1.00. The molecule has 0 aliphatic heterocycles. The van der Waals surface area contributed by atoms with E-state index in [1.54, 1.807) is 0 Å². The molecule has 1 saturated carbocycles. The van der Waals surface area contributed by atoms with Crippen molar-refractivity contribution in [3.63, 3.8) is 0 Å². The third kappa shape index (κ3) is 4.57. The zero-order valence-electron chi connectivity index (χ0n) is 12.2. The number of likely N-dealkylation sites (N-methyl/N-ethyl adjacent to an activating group) is 2. The van der Waals surface area contributed by atoms with Crippen LogP contribution < -0.4 is 0 Å². The number of rotatable bonds is 5. The topological polar surface area (TPSA) is 26.7 Å². The number of hydrogen-bond donors (Lipinski definition) is 1. The molecule has 1 rings (SSSR count). The Bertz CT molecular complexity index is 228. The number of aliphatic hydroxyl groups excluding tert-OH is 1. The lowest BCUT2D eigenvalue weighted by atomic mass is 9.69. The lowest BCUT2D eigenvalue weighted by Gasteiger charge is -2.42. The molecule has 0 aromatic heterocycles. The Morgan fingerprint density at radius 2 is 1.82 bits per heavy atom. The average Bonchev–Trinajstić information content (AvgIpc) is 2.22. The average molecular weight is 242 g/mol.